The highest BCUT2D eigenvalue weighted by Crippen LogP contribution is 1.99. The summed E-state index contributed by atoms with van der Waals surface area (Å²) in [7, 11) is 0. The van der Waals surface area contributed by atoms with Gasteiger partial charge in [0.1, 0.15) is 0 Å². The molecular weight excluding hydrogens is 186 g/mol. The predicted molar refractivity (Wildman–Crippen MR) is 61.7 cm³/mol. The van der Waals surface area contributed by atoms with E-state index in [1.54, 1.807) is 6.20 Å². The van der Waals surface area contributed by atoms with Gasteiger partial charge in [-0.2, -0.15) is 5.10 Å². The number of pyridine rings is 1. The van der Waals surface area contributed by atoms with Gasteiger partial charge >= 0.3 is 0 Å². The van der Waals surface area contributed by atoms with E-state index in [1.807, 2.05) is 56.0 Å². The first kappa shape index (κ1) is 11.4. The molecule has 3 nitrogen and oxygen atoms in total. The summed E-state index contributed by atoms with van der Waals surface area (Å²) in [4.78, 5) is 4.22. The van der Waals surface area contributed by atoms with E-state index >= 15 is 0 Å². The lowest BCUT2D eigenvalue weighted by Gasteiger charge is -1.99. The summed E-state index contributed by atoms with van der Waals surface area (Å²) >= 11 is 0. The Hall–Kier alpha value is -1.64. The zero-order chi connectivity index (χ0) is 11.1. The van der Waals surface area contributed by atoms with E-state index in [4.69, 9.17) is 0 Å². The molecule has 0 amide bonds. The molecule has 0 aromatic carbocycles. The Labute approximate surface area is 90.8 Å². The Morgan fingerprint density at radius 1 is 1.27 bits per heavy atom. The number of rotatable bonds is 2. The summed E-state index contributed by atoms with van der Waals surface area (Å²) in [6.07, 6.45) is 5.66. The molecule has 0 atom stereocenters. The zero-order valence-corrected chi connectivity index (χ0v) is 9.51. The average molecular weight is 203 g/mol. The van der Waals surface area contributed by atoms with E-state index in [0.29, 0.717) is 0 Å². The summed E-state index contributed by atoms with van der Waals surface area (Å²) < 4.78 is 1.89. The van der Waals surface area contributed by atoms with Gasteiger partial charge in [0.2, 0.25) is 0 Å². The van der Waals surface area contributed by atoms with E-state index in [1.165, 1.54) is 5.56 Å². The SMILES string of the molecule is CC.Cc1cnn(Cc2ccccn2)c1. The molecule has 0 aliphatic heterocycles. The largest absolute Gasteiger partial charge is 0.266 e. The third-order valence-corrected chi connectivity index (χ3v) is 1.81. The average Bonchev–Trinajstić information content (AvgIpc) is 2.68. The molecule has 2 aromatic rings. The van der Waals surface area contributed by atoms with Crippen LogP contribution in [0.25, 0.3) is 0 Å². The molecule has 0 aliphatic rings. The molecule has 0 radical (unpaired) electrons. The highest BCUT2D eigenvalue weighted by Gasteiger charge is 1.95. The minimum atomic E-state index is 0.745. The van der Waals surface area contributed by atoms with Crippen molar-refractivity contribution in [3.63, 3.8) is 0 Å². The Kier molecular flexibility index (Phi) is 4.54. The minimum absolute atomic E-state index is 0.745. The van der Waals surface area contributed by atoms with Crippen molar-refractivity contribution in [3.05, 3.63) is 48.0 Å². The second-order valence-corrected chi connectivity index (χ2v) is 3.04. The minimum Gasteiger partial charge on any atom is -0.266 e. The van der Waals surface area contributed by atoms with Crippen LogP contribution in [0.2, 0.25) is 0 Å². The first-order valence-electron chi connectivity index (χ1n) is 5.23. The number of aryl methyl sites for hydroxylation is 1. The van der Waals surface area contributed by atoms with Crippen LogP contribution in [0.5, 0.6) is 0 Å². The van der Waals surface area contributed by atoms with Crippen LogP contribution in [0.3, 0.4) is 0 Å². The van der Waals surface area contributed by atoms with Crippen molar-refractivity contribution in [1.29, 1.82) is 0 Å². The molecule has 0 fully saturated rings. The zero-order valence-electron chi connectivity index (χ0n) is 9.51. The van der Waals surface area contributed by atoms with Crippen LogP contribution in [0.15, 0.2) is 36.8 Å². The lowest BCUT2D eigenvalue weighted by atomic mass is 10.3. The number of nitrogens with zero attached hydrogens (tertiary/aromatic N) is 3. The third-order valence-electron chi connectivity index (χ3n) is 1.81. The van der Waals surface area contributed by atoms with Crippen LogP contribution in [-0.2, 0) is 6.54 Å². The Morgan fingerprint density at radius 3 is 2.60 bits per heavy atom. The Morgan fingerprint density at radius 2 is 2.07 bits per heavy atom. The van der Waals surface area contributed by atoms with Crippen LogP contribution in [0, 0.1) is 6.92 Å². The van der Waals surface area contributed by atoms with Gasteiger partial charge in [0.15, 0.2) is 0 Å². The fourth-order valence-electron chi connectivity index (χ4n) is 1.21. The highest BCUT2D eigenvalue weighted by molar-refractivity contribution is 5.06. The maximum atomic E-state index is 4.22. The Bertz CT molecular complexity index is 379. The lowest BCUT2D eigenvalue weighted by Crippen LogP contribution is -2.01. The molecule has 0 N–H and O–H groups in total. The fourth-order valence-corrected chi connectivity index (χ4v) is 1.21. The standard InChI is InChI=1S/C10H11N3.C2H6/c1-9-6-12-13(7-9)8-10-4-2-3-5-11-10;1-2/h2-7H,8H2,1H3;1-2H3. The maximum Gasteiger partial charge on any atom is 0.0831 e. The van der Waals surface area contributed by atoms with Crippen LogP contribution in [0.1, 0.15) is 25.1 Å². The molecule has 0 saturated heterocycles. The van der Waals surface area contributed by atoms with Gasteiger partial charge in [-0.15, -0.1) is 0 Å². The van der Waals surface area contributed by atoms with E-state index in [9.17, 15) is 0 Å². The van der Waals surface area contributed by atoms with Gasteiger partial charge in [-0.3, -0.25) is 9.67 Å². The van der Waals surface area contributed by atoms with Gasteiger partial charge in [0.05, 0.1) is 18.4 Å². The van der Waals surface area contributed by atoms with Crippen LogP contribution in [0.4, 0.5) is 0 Å². The second-order valence-electron chi connectivity index (χ2n) is 3.04. The quantitative estimate of drug-likeness (QED) is 0.751. The predicted octanol–water partition coefficient (Wildman–Crippen LogP) is 2.66. The summed E-state index contributed by atoms with van der Waals surface area (Å²) in [5, 5.41) is 4.19. The molecule has 0 bridgehead atoms. The fraction of sp³-hybridized carbons (Fsp3) is 0.333. The van der Waals surface area contributed by atoms with Crippen molar-refractivity contribution in [1.82, 2.24) is 14.8 Å². The summed E-state index contributed by atoms with van der Waals surface area (Å²) in [5.74, 6) is 0. The first-order valence-corrected chi connectivity index (χ1v) is 5.23. The molecule has 0 aliphatic carbocycles. The molecule has 2 aromatic heterocycles. The number of hydrogen-bond acceptors (Lipinski definition) is 2. The number of aromatic nitrogens is 3. The van der Waals surface area contributed by atoms with Gasteiger partial charge in [-0.25, -0.2) is 0 Å². The van der Waals surface area contributed by atoms with Crippen molar-refractivity contribution in [2.75, 3.05) is 0 Å². The Balaban J connectivity index is 0.000000531. The molecule has 80 valence electrons. The lowest BCUT2D eigenvalue weighted by molar-refractivity contribution is 0.672. The van der Waals surface area contributed by atoms with Crippen molar-refractivity contribution < 1.29 is 0 Å². The summed E-state index contributed by atoms with van der Waals surface area (Å²) in [6.45, 7) is 6.77. The molecule has 0 unspecified atom stereocenters. The summed E-state index contributed by atoms with van der Waals surface area (Å²) in [5.41, 5.74) is 2.21. The maximum absolute atomic E-state index is 4.22. The van der Waals surface area contributed by atoms with Gasteiger partial charge in [-0.1, -0.05) is 19.9 Å². The van der Waals surface area contributed by atoms with E-state index in [-0.39, 0.29) is 0 Å². The molecule has 2 heterocycles. The molecule has 0 spiro atoms. The topological polar surface area (TPSA) is 30.7 Å². The van der Waals surface area contributed by atoms with Crippen LogP contribution in [-0.4, -0.2) is 14.8 Å². The third kappa shape index (κ3) is 3.54. The molecule has 15 heavy (non-hydrogen) atoms. The van der Waals surface area contributed by atoms with E-state index in [2.05, 4.69) is 10.1 Å². The van der Waals surface area contributed by atoms with Crippen LogP contribution >= 0.6 is 0 Å². The van der Waals surface area contributed by atoms with Crippen molar-refractivity contribution in [2.24, 2.45) is 0 Å². The highest BCUT2D eigenvalue weighted by atomic mass is 15.3. The van der Waals surface area contributed by atoms with Gasteiger partial charge in [0, 0.05) is 12.4 Å². The van der Waals surface area contributed by atoms with Crippen molar-refractivity contribution >= 4 is 0 Å². The molecule has 0 saturated carbocycles. The van der Waals surface area contributed by atoms with E-state index < -0.39 is 0 Å². The number of hydrogen-bond donors (Lipinski definition) is 0. The van der Waals surface area contributed by atoms with Gasteiger partial charge < -0.3 is 0 Å². The first-order chi connectivity index (χ1) is 7.34. The van der Waals surface area contributed by atoms with Gasteiger partial charge in [0.25, 0.3) is 0 Å². The van der Waals surface area contributed by atoms with Gasteiger partial charge in [-0.05, 0) is 24.6 Å². The summed E-state index contributed by atoms with van der Waals surface area (Å²) in [6, 6.07) is 5.90. The van der Waals surface area contributed by atoms with Crippen molar-refractivity contribution in [2.45, 2.75) is 27.3 Å². The normalized spacial score (nSPS) is 9.27. The smallest absolute Gasteiger partial charge is 0.0831 e. The van der Waals surface area contributed by atoms with E-state index in [0.717, 1.165) is 12.2 Å². The van der Waals surface area contributed by atoms with Crippen molar-refractivity contribution in [3.8, 4) is 0 Å². The molecule has 3 heteroatoms. The molecule has 2 rings (SSSR count). The second kappa shape index (κ2) is 5.96. The molecular formula is C12H17N3. The van der Waals surface area contributed by atoms with Crippen LogP contribution < -0.4 is 0 Å². The monoisotopic (exact) mass is 203 g/mol.